The van der Waals surface area contributed by atoms with Gasteiger partial charge in [0.25, 0.3) is 5.91 Å². The van der Waals surface area contributed by atoms with Crippen LogP contribution in [0.2, 0.25) is 0 Å². The summed E-state index contributed by atoms with van der Waals surface area (Å²) in [6.45, 7) is 1.74. The molecule has 3 N–H and O–H groups in total. The molecule has 2 bridgehead atoms. The van der Waals surface area contributed by atoms with Gasteiger partial charge in [-0.1, -0.05) is 6.08 Å². The van der Waals surface area contributed by atoms with Crippen LogP contribution in [0.1, 0.15) is 19.8 Å². The number of carboxylic acid groups (broad SMARTS) is 1. The number of hydrogen-bond donors (Lipinski definition) is 3. The molecule has 3 aliphatic heterocycles. The number of nitrogens with one attached hydrogen (secondary N) is 2. The first-order valence-corrected chi connectivity index (χ1v) is 8.30. The average Bonchev–Trinajstić information content (AvgIpc) is 3.11. The lowest BCUT2D eigenvalue weighted by Crippen LogP contribution is -2.50. The minimum Gasteiger partial charge on any atom is -0.477 e. The Balaban J connectivity index is 1.59. The fraction of sp³-hybridized carbons (Fsp3) is 0.600. The lowest BCUT2D eigenvalue weighted by atomic mass is 10.0. The first-order chi connectivity index (χ1) is 12.8. The second kappa shape index (κ2) is 7.48. The number of hydroxylamine groups is 3. The Hall–Kier alpha value is -2.73. The molecule has 2 fully saturated rings. The van der Waals surface area contributed by atoms with Crippen molar-refractivity contribution in [1.29, 1.82) is 0 Å². The number of carboxylic acids is 1. The van der Waals surface area contributed by atoms with Crippen LogP contribution in [0.15, 0.2) is 11.6 Å². The summed E-state index contributed by atoms with van der Waals surface area (Å²) in [5.74, 6) is -2.55. The second-order valence-corrected chi connectivity index (χ2v) is 6.48. The zero-order valence-electron chi connectivity index (χ0n) is 14.4. The third kappa shape index (κ3) is 3.85. The maximum atomic E-state index is 13.3. The molecule has 0 spiro atoms. The number of hydrogen-bond acceptors (Lipinski definition) is 6. The van der Waals surface area contributed by atoms with E-state index in [2.05, 4.69) is 15.6 Å². The lowest BCUT2D eigenvalue weighted by molar-refractivity contribution is -0.219. The molecule has 27 heavy (non-hydrogen) atoms. The van der Waals surface area contributed by atoms with Crippen LogP contribution in [0, 0.1) is 0 Å². The number of fused-ring (bicyclic) bond motifs is 2. The number of carbonyl (C=O) groups is 4. The van der Waals surface area contributed by atoms with Crippen molar-refractivity contribution >= 4 is 23.8 Å². The Morgan fingerprint density at radius 3 is 2.85 bits per heavy atom. The molecule has 148 valence electrons. The van der Waals surface area contributed by atoms with E-state index in [0.717, 1.165) is 4.90 Å². The van der Waals surface area contributed by atoms with Gasteiger partial charge in [-0.2, -0.15) is 5.06 Å². The molecule has 2 saturated heterocycles. The molecule has 1 unspecified atom stereocenters. The SMILES string of the molecule is CC1=C[C@@H]2CN(C(=O)N2O[C@@H](F)C(=O)O)[C@@H]1C(=O)NOCC1CCC(=O)N1. The Kier molecular flexibility index (Phi) is 5.28. The van der Waals surface area contributed by atoms with Crippen LogP contribution in [-0.2, 0) is 24.1 Å². The maximum absolute atomic E-state index is 13.3. The van der Waals surface area contributed by atoms with Gasteiger partial charge in [0.2, 0.25) is 5.91 Å². The van der Waals surface area contributed by atoms with Crippen LogP contribution < -0.4 is 10.8 Å². The fourth-order valence-corrected chi connectivity index (χ4v) is 3.29. The Labute approximate surface area is 153 Å². The number of halogens is 1. The molecule has 3 aliphatic rings. The number of aliphatic carboxylic acids is 1. The zero-order chi connectivity index (χ0) is 19.7. The van der Waals surface area contributed by atoms with Crippen molar-refractivity contribution in [2.24, 2.45) is 0 Å². The quantitative estimate of drug-likeness (QED) is 0.379. The average molecular weight is 386 g/mol. The highest BCUT2D eigenvalue weighted by atomic mass is 19.1. The smallest absolute Gasteiger partial charge is 0.368 e. The lowest BCUT2D eigenvalue weighted by Gasteiger charge is -2.28. The van der Waals surface area contributed by atoms with E-state index in [1.807, 2.05) is 0 Å². The highest BCUT2D eigenvalue weighted by Crippen LogP contribution is 2.30. The third-order valence-electron chi connectivity index (χ3n) is 4.51. The van der Waals surface area contributed by atoms with Gasteiger partial charge in [0.1, 0.15) is 6.04 Å². The summed E-state index contributed by atoms with van der Waals surface area (Å²) in [5, 5.41) is 11.9. The van der Waals surface area contributed by atoms with Gasteiger partial charge in [0, 0.05) is 6.42 Å². The van der Waals surface area contributed by atoms with Crippen LogP contribution in [0.3, 0.4) is 0 Å². The van der Waals surface area contributed by atoms with Crippen LogP contribution in [0.25, 0.3) is 0 Å². The van der Waals surface area contributed by atoms with Gasteiger partial charge in [-0.05, 0) is 18.9 Å². The number of alkyl halides is 1. The van der Waals surface area contributed by atoms with Crippen molar-refractivity contribution in [3.05, 3.63) is 11.6 Å². The molecule has 4 amide bonds. The summed E-state index contributed by atoms with van der Waals surface area (Å²) in [7, 11) is 0. The standard InChI is InChI=1S/C15H19FN4O7/c1-7-4-9-5-19(15(25)20(9)27-12(16)14(23)24)11(7)13(22)18-26-6-8-2-3-10(21)17-8/h4,8-9,11-12H,2-3,5-6H2,1H3,(H,17,21)(H,18,22)(H,23,24)/t8?,9-,11+,12-/m1/s1. The summed E-state index contributed by atoms with van der Waals surface area (Å²) >= 11 is 0. The minimum absolute atomic E-state index is 0.0410. The first-order valence-electron chi connectivity index (χ1n) is 8.30. The Bertz CT molecular complexity index is 700. The number of nitrogens with zero attached hydrogens (tertiary/aromatic N) is 2. The molecule has 0 radical (unpaired) electrons. The summed E-state index contributed by atoms with van der Waals surface area (Å²) in [5.41, 5.74) is 2.76. The van der Waals surface area contributed by atoms with Crippen molar-refractivity contribution in [2.45, 2.75) is 44.2 Å². The molecule has 3 rings (SSSR count). The van der Waals surface area contributed by atoms with Gasteiger partial charge in [-0.25, -0.2) is 24.3 Å². The van der Waals surface area contributed by atoms with Crippen molar-refractivity contribution in [3.63, 3.8) is 0 Å². The van der Waals surface area contributed by atoms with Gasteiger partial charge in [0.05, 0.1) is 25.2 Å². The molecular formula is C15H19FN4O7. The normalized spacial score (nSPS) is 28.1. The topological polar surface area (TPSA) is 138 Å². The van der Waals surface area contributed by atoms with Crippen molar-refractivity contribution in [2.75, 3.05) is 13.2 Å². The molecule has 0 aromatic carbocycles. The Morgan fingerprint density at radius 2 is 2.22 bits per heavy atom. The van der Waals surface area contributed by atoms with E-state index in [0.29, 0.717) is 23.5 Å². The van der Waals surface area contributed by atoms with Gasteiger partial charge in [-0.3, -0.25) is 14.4 Å². The van der Waals surface area contributed by atoms with Crippen molar-refractivity contribution in [3.8, 4) is 0 Å². The number of urea groups is 1. The van der Waals surface area contributed by atoms with E-state index in [9.17, 15) is 23.6 Å². The van der Waals surface area contributed by atoms with Crippen LogP contribution in [-0.4, -0.2) is 76.5 Å². The molecule has 12 heteroatoms. The van der Waals surface area contributed by atoms with E-state index in [1.54, 1.807) is 6.92 Å². The molecule has 0 aliphatic carbocycles. The summed E-state index contributed by atoms with van der Waals surface area (Å²) in [6, 6.07) is -2.71. The first kappa shape index (κ1) is 19.0. The van der Waals surface area contributed by atoms with Crippen LogP contribution in [0.5, 0.6) is 0 Å². The zero-order valence-corrected chi connectivity index (χ0v) is 14.4. The van der Waals surface area contributed by atoms with Crippen molar-refractivity contribution < 1.29 is 38.4 Å². The molecule has 3 heterocycles. The van der Waals surface area contributed by atoms with E-state index in [1.165, 1.54) is 6.08 Å². The second-order valence-electron chi connectivity index (χ2n) is 6.48. The summed E-state index contributed by atoms with van der Waals surface area (Å²) < 4.78 is 13.3. The highest BCUT2D eigenvalue weighted by Gasteiger charge is 2.48. The van der Waals surface area contributed by atoms with Gasteiger partial charge in [-0.15, -0.1) is 0 Å². The number of rotatable bonds is 7. The molecular weight excluding hydrogens is 367 g/mol. The van der Waals surface area contributed by atoms with Crippen molar-refractivity contribution in [1.82, 2.24) is 20.8 Å². The maximum Gasteiger partial charge on any atom is 0.368 e. The van der Waals surface area contributed by atoms with E-state index < -0.39 is 36.3 Å². The largest absolute Gasteiger partial charge is 0.477 e. The molecule has 0 saturated carbocycles. The molecule has 11 nitrogen and oxygen atoms in total. The monoisotopic (exact) mass is 386 g/mol. The third-order valence-corrected chi connectivity index (χ3v) is 4.51. The predicted molar refractivity (Wildman–Crippen MR) is 84.2 cm³/mol. The highest BCUT2D eigenvalue weighted by molar-refractivity contribution is 5.91. The Morgan fingerprint density at radius 1 is 1.48 bits per heavy atom. The number of amides is 4. The van der Waals surface area contributed by atoms with E-state index in [4.69, 9.17) is 9.94 Å². The van der Waals surface area contributed by atoms with Gasteiger partial charge in [0.15, 0.2) is 0 Å². The number of carbonyl (C=O) groups excluding carboxylic acids is 3. The van der Waals surface area contributed by atoms with Gasteiger partial charge >= 0.3 is 18.4 Å². The summed E-state index contributed by atoms with van der Waals surface area (Å²) in [6.07, 6.45) is -0.153. The predicted octanol–water partition coefficient (Wildman–Crippen LogP) is -0.941. The van der Waals surface area contributed by atoms with Crippen LogP contribution in [0.4, 0.5) is 9.18 Å². The molecule has 4 atom stereocenters. The molecule has 0 aromatic heterocycles. The fourth-order valence-electron chi connectivity index (χ4n) is 3.29. The summed E-state index contributed by atoms with van der Waals surface area (Å²) in [4.78, 5) is 57.4. The molecule has 0 aromatic rings. The minimum atomic E-state index is -2.69. The van der Waals surface area contributed by atoms with Gasteiger partial charge < -0.3 is 15.3 Å². The van der Waals surface area contributed by atoms with Crippen LogP contribution >= 0.6 is 0 Å². The van der Waals surface area contributed by atoms with E-state index in [-0.39, 0.29) is 25.1 Å². The van der Waals surface area contributed by atoms with E-state index >= 15 is 0 Å².